The van der Waals surface area contributed by atoms with E-state index < -0.39 is 0 Å². The van der Waals surface area contributed by atoms with Crippen LogP contribution in [0.4, 0.5) is 16.2 Å². The van der Waals surface area contributed by atoms with Gasteiger partial charge in [-0.1, -0.05) is 23.7 Å². The van der Waals surface area contributed by atoms with E-state index in [2.05, 4.69) is 10.6 Å². The number of carbonyl (C=O) groups excluding carboxylic acids is 1. The monoisotopic (exact) mass is 289 g/mol. The predicted octanol–water partition coefficient (Wildman–Crippen LogP) is 3.55. The van der Waals surface area contributed by atoms with Gasteiger partial charge in [0, 0.05) is 22.9 Å². The van der Waals surface area contributed by atoms with Crippen molar-refractivity contribution in [2.24, 2.45) is 0 Å². The molecule has 104 valence electrons. The molecule has 0 aromatic heterocycles. The fraction of sp³-hybridized carbons (Fsp3) is 0.133. The highest BCUT2D eigenvalue weighted by Gasteiger charge is 2.04. The summed E-state index contributed by atoms with van der Waals surface area (Å²) in [5.74, 6) is 0. The Balaban J connectivity index is 1.92. The largest absolute Gasteiger partial charge is 0.399 e. The lowest BCUT2D eigenvalue weighted by molar-refractivity contribution is 0.251. The van der Waals surface area contributed by atoms with Gasteiger partial charge in [0.2, 0.25) is 0 Å². The van der Waals surface area contributed by atoms with Gasteiger partial charge < -0.3 is 16.4 Å². The molecule has 2 amide bonds. The highest BCUT2D eigenvalue weighted by molar-refractivity contribution is 6.30. The molecule has 0 bridgehead atoms. The summed E-state index contributed by atoms with van der Waals surface area (Å²) in [5.41, 5.74) is 9.22. The molecule has 5 heteroatoms. The summed E-state index contributed by atoms with van der Waals surface area (Å²) in [6.45, 7) is 2.36. The van der Waals surface area contributed by atoms with E-state index in [9.17, 15) is 4.79 Å². The van der Waals surface area contributed by atoms with Crippen molar-refractivity contribution in [2.75, 3.05) is 11.1 Å². The zero-order valence-corrected chi connectivity index (χ0v) is 11.9. The third kappa shape index (κ3) is 3.65. The van der Waals surface area contributed by atoms with Crippen molar-refractivity contribution < 1.29 is 4.79 Å². The number of anilines is 2. The van der Waals surface area contributed by atoms with Crippen LogP contribution >= 0.6 is 11.6 Å². The minimum absolute atomic E-state index is 0.269. The van der Waals surface area contributed by atoms with Gasteiger partial charge in [-0.3, -0.25) is 0 Å². The average Bonchev–Trinajstić information content (AvgIpc) is 2.43. The van der Waals surface area contributed by atoms with Gasteiger partial charge in [0.15, 0.2) is 0 Å². The molecule has 0 atom stereocenters. The summed E-state index contributed by atoms with van der Waals surface area (Å²) in [6.07, 6.45) is 0. The SMILES string of the molecule is Cc1c(N)cccc1CNC(=O)Nc1ccc(Cl)cc1. The molecule has 0 radical (unpaired) electrons. The summed E-state index contributed by atoms with van der Waals surface area (Å²) in [7, 11) is 0. The van der Waals surface area contributed by atoms with Crippen molar-refractivity contribution in [3.8, 4) is 0 Å². The van der Waals surface area contributed by atoms with Crippen molar-refractivity contribution in [3.05, 3.63) is 58.6 Å². The van der Waals surface area contributed by atoms with Crippen molar-refractivity contribution in [3.63, 3.8) is 0 Å². The molecule has 0 aliphatic rings. The number of nitrogens with two attached hydrogens (primary N) is 1. The molecule has 0 fully saturated rings. The van der Waals surface area contributed by atoms with Gasteiger partial charge in [-0.15, -0.1) is 0 Å². The Kier molecular flexibility index (Phi) is 4.48. The average molecular weight is 290 g/mol. The Hall–Kier alpha value is -2.20. The number of nitrogens with one attached hydrogen (secondary N) is 2. The van der Waals surface area contributed by atoms with Crippen LogP contribution in [0.3, 0.4) is 0 Å². The molecular formula is C15H16ClN3O. The molecule has 2 rings (SSSR count). The van der Waals surface area contributed by atoms with Crippen molar-refractivity contribution >= 4 is 29.0 Å². The topological polar surface area (TPSA) is 67.1 Å². The smallest absolute Gasteiger partial charge is 0.319 e. The van der Waals surface area contributed by atoms with Gasteiger partial charge >= 0.3 is 6.03 Å². The first-order valence-electron chi connectivity index (χ1n) is 6.20. The van der Waals surface area contributed by atoms with Crippen LogP contribution in [0.1, 0.15) is 11.1 Å². The van der Waals surface area contributed by atoms with Crippen LogP contribution in [-0.4, -0.2) is 6.03 Å². The zero-order chi connectivity index (χ0) is 14.5. The summed E-state index contributed by atoms with van der Waals surface area (Å²) < 4.78 is 0. The molecule has 0 aliphatic carbocycles. The van der Waals surface area contributed by atoms with Crippen LogP contribution in [0.25, 0.3) is 0 Å². The third-order valence-corrected chi connectivity index (χ3v) is 3.28. The molecule has 0 unspecified atom stereocenters. The molecule has 0 saturated heterocycles. The Labute approximate surface area is 122 Å². The molecule has 4 N–H and O–H groups in total. The minimum atomic E-state index is -0.269. The van der Waals surface area contributed by atoms with E-state index >= 15 is 0 Å². The predicted molar refractivity (Wildman–Crippen MR) is 82.9 cm³/mol. The zero-order valence-electron chi connectivity index (χ0n) is 11.1. The van der Waals surface area contributed by atoms with Crippen LogP contribution in [0.2, 0.25) is 5.02 Å². The number of nitrogen functional groups attached to an aromatic ring is 1. The molecule has 2 aromatic rings. The van der Waals surface area contributed by atoms with E-state index in [4.69, 9.17) is 17.3 Å². The standard InChI is InChI=1S/C15H16ClN3O/c1-10-11(3-2-4-14(10)17)9-18-15(20)19-13-7-5-12(16)6-8-13/h2-8H,9,17H2,1H3,(H2,18,19,20). The van der Waals surface area contributed by atoms with Crippen LogP contribution in [0, 0.1) is 6.92 Å². The lowest BCUT2D eigenvalue weighted by atomic mass is 10.1. The number of hydrogen-bond acceptors (Lipinski definition) is 2. The second kappa shape index (κ2) is 6.30. The number of carbonyl (C=O) groups is 1. The Bertz CT molecular complexity index is 611. The van der Waals surface area contributed by atoms with Gasteiger partial charge in [-0.2, -0.15) is 0 Å². The number of urea groups is 1. The van der Waals surface area contributed by atoms with E-state index in [1.165, 1.54) is 0 Å². The van der Waals surface area contributed by atoms with E-state index in [1.54, 1.807) is 24.3 Å². The molecule has 2 aromatic carbocycles. The van der Waals surface area contributed by atoms with Gasteiger partial charge in [0.05, 0.1) is 0 Å². The lowest BCUT2D eigenvalue weighted by Crippen LogP contribution is -2.28. The van der Waals surface area contributed by atoms with Crippen molar-refractivity contribution in [1.82, 2.24) is 5.32 Å². The molecule has 0 saturated carbocycles. The third-order valence-electron chi connectivity index (χ3n) is 3.03. The minimum Gasteiger partial charge on any atom is -0.399 e. The first kappa shape index (κ1) is 14.2. The van der Waals surface area contributed by atoms with E-state index in [0.29, 0.717) is 17.3 Å². The van der Waals surface area contributed by atoms with Gasteiger partial charge in [-0.25, -0.2) is 4.79 Å². The lowest BCUT2D eigenvalue weighted by Gasteiger charge is -2.10. The number of halogens is 1. The van der Waals surface area contributed by atoms with Crippen LogP contribution in [0.15, 0.2) is 42.5 Å². The maximum atomic E-state index is 11.8. The molecule has 20 heavy (non-hydrogen) atoms. The van der Waals surface area contributed by atoms with Gasteiger partial charge in [-0.05, 0) is 48.4 Å². The van der Waals surface area contributed by atoms with Crippen molar-refractivity contribution in [2.45, 2.75) is 13.5 Å². The van der Waals surface area contributed by atoms with Crippen molar-refractivity contribution in [1.29, 1.82) is 0 Å². The Morgan fingerprint density at radius 2 is 1.90 bits per heavy atom. The fourth-order valence-corrected chi connectivity index (χ4v) is 1.90. The highest BCUT2D eigenvalue weighted by atomic mass is 35.5. The maximum Gasteiger partial charge on any atom is 0.319 e. The first-order valence-corrected chi connectivity index (χ1v) is 6.58. The number of benzene rings is 2. The number of amides is 2. The number of rotatable bonds is 3. The normalized spacial score (nSPS) is 10.1. The molecule has 0 aliphatic heterocycles. The van der Waals surface area contributed by atoms with E-state index in [0.717, 1.165) is 16.8 Å². The second-order valence-electron chi connectivity index (χ2n) is 4.45. The second-order valence-corrected chi connectivity index (χ2v) is 4.88. The molecular weight excluding hydrogens is 274 g/mol. The maximum absolute atomic E-state index is 11.8. The van der Waals surface area contributed by atoms with Gasteiger partial charge in [0.25, 0.3) is 0 Å². The molecule has 0 spiro atoms. The summed E-state index contributed by atoms with van der Waals surface area (Å²) >= 11 is 5.78. The van der Waals surface area contributed by atoms with Crippen LogP contribution < -0.4 is 16.4 Å². The summed E-state index contributed by atoms with van der Waals surface area (Å²) in [6, 6.07) is 12.3. The number of hydrogen-bond donors (Lipinski definition) is 3. The molecule has 0 heterocycles. The van der Waals surface area contributed by atoms with Crippen LogP contribution in [-0.2, 0) is 6.54 Å². The summed E-state index contributed by atoms with van der Waals surface area (Å²) in [4.78, 5) is 11.8. The Morgan fingerprint density at radius 3 is 2.60 bits per heavy atom. The van der Waals surface area contributed by atoms with Gasteiger partial charge in [0.1, 0.15) is 0 Å². The van der Waals surface area contributed by atoms with E-state index in [-0.39, 0.29) is 6.03 Å². The van der Waals surface area contributed by atoms with Crippen LogP contribution in [0.5, 0.6) is 0 Å². The quantitative estimate of drug-likeness (QED) is 0.756. The Morgan fingerprint density at radius 1 is 1.20 bits per heavy atom. The summed E-state index contributed by atoms with van der Waals surface area (Å²) in [5, 5.41) is 6.16. The highest BCUT2D eigenvalue weighted by Crippen LogP contribution is 2.15. The molecule has 4 nitrogen and oxygen atoms in total. The van der Waals surface area contributed by atoms with E-state index in [1.807, 2.05) is 25.1 Å². The first-order chi connectivity index (χ1) is 9.56. The fourth-order valence-electron chi connectivity index (χ4n) is 1.78.